The van der Waals surface area contributed by atoms with E-state index in [1.54, 1.807) is 13.2 Å². The third-order valence-electron chi connectivity index (χ3n) is 1.09. The zero-order valence-electron chi connectivity index (χ0n) is 7.50. The number of nitrogens with one attached hydrogen (secondary N) is 2. The number of ether oxygens (including phenoxy) is 1. The summed E-state index contributed by atoms with van der Waals surface area (Å²) in [5.74, 6) is -0.279. The van der Waals surface area contributed by atoms with Crippen LogP contribution in [0.15, 0.2) is 0 Å². The van der Waals surface area contributed by atoms with E-state index in [0.717, 1.165) is 0 Å². The zero-order chi connectivity index (χ0) is 9.94. The van der Waals surface area contributed by atoms with Gasteiger partial charge in [-0.1, -0.05) is 0 Å². The molecule has 0 aromatic heterocycles. The van der Waals surface area contributed by atoms with Gasteiger partial charge in [-0.3, -0.25) is 9.63 Å². The summed E-state index contributed by atoms with van der Waals surface area (Å²) in [6.45, 7) is 0.888. The number of nitrogens with zero attached hydrogens (tertiary/aromatic N) is 1. The lowest BCUT2D eigenvalue weighted by molar-refractivity contribution is -0.122. The minimum absolute atomic E-state index is 0.0125. The Hall–Kier alpha value is -1.16. The molecule has 6 nitrogen and oxygen atoms in total. The highest BCUT2D eigenvalue weighted by Crippen LogP contribution is 1.70. The van der Waals surface area contributed by atoms with Gasteiger partial charge in [-0.2, -0.15) is 10.7 Å². The zero-order valence-corrected chi connectivity index (χ0v) is 7.50. The highest BCUT2D eigenvalue weighted by molar-refractivity contribution is 5.77. The number of amides is 1. The Bertz CT molecular complexity index is 178. The van der Waals surface area contributed by atoms with Crippen molar-refractivity contribution in [3.8, 4) is 6.07 Å². The van der Waals surface area contributed by atoms with E-state index in [2.05, 4.69) is 10.8 Å². The van der Waals surface area contributed by atoms with Crippen molar-refractivity contribution < 1.29 is 14.4 Å². The smallest absolute Gasteiger partial charge is 0.237 e. The SMILES string of the molecule is COCCONCC(=O)NCC#N. The van der Waals surface area contributed by atoms with Gasteiger partial charge in [0.2, 0.25) is 5.91 Å². The first kappa shape index (κ1) is 11.8. The van der Waals surface area contributed by atoms with Crippen molar-refractivity contribution in [2.45, 2.75) is 0 Å². The summed E-state index contributed by atoms with van der Waals surface area (Å²) >= 11 is 0. The van der Waals surface area contributed by atoms with E-state index in [1.165, 1.54) is 0 Å². The Morgan fingerprint density at radius 2 is 2.31 bits per heavy atom. The second-order valence-corrected chi connectivity index (χ2v) is 2.10. The van der Waals surface area contributed by atoms with Crippen LogP contribution in [-0.2, 0) is 14.4 Å². The quantitative estimate of drug-likeness (QED) is 0.297. The number of carbonyl (C=O) groups is 1. The van der Waals surface area contributed by atoms with Gasteiger partial charge in [-0.05, 0) is 0 Å². The van der Waals surface area contributed by atoms with Gasteiger partial charge in [0.1, 0.15) is 6.54 Å². The van der Waals surface area contributed by atoms with E-state index in [9.17, 15) is 4.79 Å². The number of carbonyl (C=O) groups excluding carboxylic acids is 1. The van der Waals surface area contributed by atoms with Crippen molar-refractivity contribution in [1.82, 2.24) is 10.8 Å². The minimum Gasteiger partial charge on any atom is -0.382 e. The first-order chi connectivity index (χ1) is 6.31. The van der Waals surface area contributed by atoms with Crippen molar-refractivity contribution in [1.29, 1.82) is 5.26 Å². The molecular formula is C7H13N3O3. The highest BCUT2D eigenvalue weighted by atomic mass is 16.7. The standard InChI is InChI=1S/C7H13N3O3/c1-12-4-5-13-10-6-7(11)9-3-2-8/h10H,3-6H2,1H3,(H,9,11). The lowest BCUT2D eigenvalue weighted by Crippen LogP contribution is -2.34. The molecule has 0 saturated heterocycles. The number of rotatable bonds is 7. The number of methoxy groups -OCH3 is 1. The number of nitriles is 1. The summed E-state index contributed by atoms with van der Waals surface area (Å²) < 4.78 is 4.71. The number of hydroxylamine groups is 1. The monoisotopic (exact) mass is 187 g/mol. The van der Waals surface area contributed by atoms with Crippen molar-refractivity contribution in [3.63, 3.8) is 0 Å². The average Bonchev–Trinajstić information content (AvgIpc) is 2.14. The maximum atomic E-state index is 10.8. The molecule has 0 saturated carbocycles. The largest absolute Gasteiger partial charge is 0.382 e. The Kier molecular flexibility index (Phi) is 8.14. The number of hydrogen-bond donors (Lipinski definition) is 2. The summed E-state index contributed by atoms with van der Waals surface area (Å²) in [5.41, 5.74) is 2.43. The Balaban J connectivity index is 3.13. The third-order valence-corrected chi connectivity index (χ3v) is 1.09. The molecule has 0 aliphatic heterocycles. The van der Waals surface area contributed by atoms with Crippen LogP contribution in [0.5, 0.6) is 0 Å². The van der Waals surface area contributed by atoms with Crippen molar-refractivity contribution in [2.75, 3.05) is 33.4 Å². The van der Waals surface area contributed by atoms with E-state index in [-0.39, 0.29) is 19.0 Å². The molecule has 0 heterocycles. The van der Waals surface area contributed by atoms with Crippen LogP contribution < -0.4 is 10.8 Å². The molecule has 0 aliphatic rings. The second kappa shape index (κ2) is 8.93. The van der Waals surface area contributed by atoms with Gasteiger partial charge < -0.3 is 10.1 Å². The van der Waals surface area contributed by atoms with Crippen LogP contribution in [0.4, 0.5) is 0 Å². The molecular weight excluding hydrogens is 174 g/mol. The molecule has 0 fully saturated rings. The fraction of sp³-hybridized carbons (Fsp3) is 0.714. The van der Waals surface area contributed by atoms with Crippen LogP contribution in [-0.4, -0.2) is 39.3 Å². The van der Waals surface area contributed by atoms with Gasteiger partial charge in [0.15, 0.2) is 0 Å². The van der Waals surface area contributed by atoms with Crippen LogP contribution in [0.3, 0.4) is 0 Å². The highest BCUT2D eigenvalue weighted by Gasteiger charge is 1.97. The van der Waals surface area contributed by atoms with Gasteiger partial charge in [0.25, 0.3) is 0 Å². The maximum Gasteiger partial charge on any atom is 0.237 e. The van der Waals surface area contributed by atoms with Crippen molar-refractivity contribution in [2.24, 2.45) is 0 Å². The van der Waals surface area contributed by atoms with E-state index >= 15 is 0 Å². The number of hydrogen-bond acceptors (Lipinski definition) is 5. The van der Waals surface area contributed by atoms with Gasteiger partial charge in [0, 0.05) is 7.11 Å². The molecule has 0 atom stereocenters. The first-order valence-corrected chi connectivity index (χ1v) is 3.78. The molecule has 6 heteroatoms. The molecule has 0 aromatic rings. The lowest BCUT2D eigenvalue weighted by Gasteiger charge is -2.04. The lowest BCUT2D eigenvalue weighted by atomic mass is 10.6. The van der Waals surface area contributed by atoms with Crippen LogP contribution in [0, 0.1) is 11.3 Å². The maximum absolute atomic E-state index is 10.8. The molecule has 0 unspecified atom stereocenters. The van der Waals surface area contributed by atoms with E-state index < -0.39 is 0 Å². The molecule has 0 bridgehead atoms. The summed E-state index contributed by atoms with van der Waals surface area (Å²) in [7, 11) is 1.56. The second-order valence-electron chi connectivity index (χ2n) is 2.10. The summed E-state index contributed by atoms with van der Waals surface area (Å²) in [6, 6.07) is 1.79. The summed E-state index contributed by atoms with van der Waals surface area (Å²) in [4.78, 5) is 15.6. The topological polar surface area (TPSA) is 83.4 Å². The predicted molar refractivity (Wildman–Crippen MR) is 44.5 cm³/mol. The van der Waals surface area contributed by atoms with Gasteiger partial charge in [-0.25, -0.2) is 0 Å². The Morgan fingerprint density at radius 3 is 2.92 bits per heavy atom. The molecule has 0 aliphatic carbocycles. The molecule has 2 N–H and O–H groups in total. The summed E-state index contributed by atoms with van der Waals surface area (Å²) in [6.07, 6.45) is 0. The first-order valence-electron chi connectivity index (χ1n) is 3.78. The molecule has 74 valence electrons. The fourth-order valence-corrected chi connectivity index (χ4v) is 0.514. The molecule has 0 aromatic carbocycles. The normalized spacial score (nSPS) is 9.23. The fourth-order valence-electron chi connectivity index (χ4n) is 0.514. The van der Waals surface area contributed by atoms with Crippen molar-refractivity contribution >= 4 is 5.91 Å². The Labute approximate surface area is 76.8 Å². The predicted octanol–water partition coefficient (Wildman–Crippen LogP) is -1.21. The van der Waals surface area contributed by atoms with Crippen LogP contribution in [0.25, 0.3) is 0 Å². The van der Waals surface area contributed by atoms with Crippen LogP contribution in [0.1, 0.15) is 0 Å². The van der Waals surface area contributed by atoms with E-state index in [4.69, 9.17) is 14.8 Å². The van der Waals surface area contributed by atoms with E-state index in [1.807, 2.05) is 0 Å². The van der Waals surface area contributed by atoms with Crippen LogP contribution >= 0.6 is 0 Å². The van der Waals surface area contributed by atoms with Crippen molar-refractivity contribution in [3.05, 3.63) is 0 Å². The van der Waals surface area contributed by atoms with Gasteiger partial charge in [-0.15, -0.1) is 0 Å². The molecule has 13 heavy (non-hydrogen) atoms. The van der Waals surface area contributed by atoms with E-state index in [0.29, 0.717) is 13.2 Å². The Morgan fingerprint density at radius 1 is 1.54 bits per heavy atom. The summed E-state index contributed by atoms with van der Waals surface area (Å²) in [5, 5.41) is 10.5. The minimum atomic E-state index is -0.279. The molecule has 0 spiro atoms. The van der Waals surface area contributed by atoms with Crippen LogP contribution in [0.2, 0.25) is 0 Å². The molecule has 1 amide bonds. The van der Waals surface area contributed by atoms with Gasteiger partial charge in [0.05, 0.1) is 25.8 Å². The molecule has 0 rings (SSSR count). The average molecular weight is 187 g/mol. The molecule has 0 radical (unpaired) electrons. The third kappa shape index (κ3) is 8.75. The van der Waals surface area contributed by atoms with Gasteiger partial charge >= 0.3 is 0 Å².